The lowest BCUT2D eigenvalue weighted by Gasteiger charge is -2.29. The van der Waals surface area contributed by atoms with Crippen LogP contribution in [0.25, 0.3) is 0 Å². The molecule has 2 aromatic carbocycles. The highest BCUT2D eigenvalue weighted by molar-refractivity contribution is 7.98. The molecule has 0 bridgehead atoms. The van der Waals surface area contributed by atoms with Gasteiger partial charge in [0, 0.05) is 24.7 Å². The topological polar surface area (TPSA) is 221 Å². The number of alkyl carbamates (subject to hydrolysis) is 1. The van der Waals surface area contributed by atoms with Gasteiger partial charge in [-0.2, -0.15) is 11.8 Å². The average Bonchev–Trinajstić information content (AvgIpc) is 3.10. The number of nitrogens with one attached hydrogen (secondary N) is 5. The molecule has 0 aromatic heterocycles. The first-order chi connectivity index (χ1) is 26.6. The van der Waals surface area contributed by atoms with E-state index in [9.17, 15) is 42.7 Å². The molecule has 0 spiro atoms. The maximum absolute atomic E-state index is 13.9. The minimum absolute atomic E-state index is 0.0375. The molecule has 15 nitrogen and oxygen atoms in total. The SMILES string of the molecule is CSCC[C@H](NC(=O)[C@@H](NC(=O)OC(C)(C)C)C(C)C)C(=O)N[C@@H](COc1cc(F)cc(F)c1)[C@@H](O)CC(=O)N[C@H](C(=O)NCc1ccc(C(=O)O)cc1)C(C)C. The number of aliphatic hydroxyl groups excluding tert-OH is 1. The smallest absolute Gasteiger partial charge is 0.408 e. The molecule has 0 heterocycles. The van der Waals surface area contributed by atoms with E-state index in [0.29, 0.717) is 17.4 Å². The zero-order chi connectivity index (χ0) is 43.0. The number of carbonyl (C=O) groups is 6. The van der Waals surface area contributed by atoms with E-state index in [-0.39, 0.29) is 24.3 Å². The Hall–Kier alpha value is -4.97. The normalized spacial score (nSPS) is 14.1. The first-order valence-electron chi connectivity index (χ1n) is 18.4. The van der Waals surface area contributed by atoms with Crippen molar-refractivity contribution < 1.29 is 57.2 Å². The van der Waals surface area contributed by atoms with Gasteiger partial charge in [0.15, 0.2) is 0 Å². The maximum Gasteiger partial charge on any atom is 0.408 e. The average molecular weight is 824 g/mol. The fourth-order valence-corrected chi connectivity index (χ4v) is 5.70. The summed E-state index contributed by atoms with van der Waals surface area (Å²) in [6.45, 7) is 11.2. The van der Waals surface area contributed by atoms with Crippen LogP contribution < -0.4 is 31.3 Å². The van der Waals surface area contributed by atoms with Gasteiger partial charge in [0.2, 0.25) is 23.6 Å². The van der Waals surface area contributed by atoms with Crippen LogP contribution in [0.3, 0.4) is 0 Å². The zero-order valence-corrected chi connectivity index (χ0v) is 34.3. The van der Waals surface area contributed by atoms with E-state index in [2.05, 4.69) is 26.6 Å². The number of carbonyl (C=O) groups excluding carboxylic acids is 5. The van der Waals surface area contributed by atoms with Crippen molar-refractivity contribution in [3.63, 3.8) is 0 Å². The van der Waals surface area contributed by atoms with Crippen molar-refractivity contribution in [2.24, 2.45) is 11.8 Å². The van der Waals surface area contributed by atoms with Gasteiger partial charge >= 0.3 is 12.1 Å². The summed E-state index contributed by atoms with van der Waals surface area (Å²) >= 11 is 1.39. The van der Waals surface area contributed by atoms with Gasteiger partial charge in [0.05, 0.1) is 24.1 Å². The van der Waals surface area contributed by atoms with Crippen LogP contribution in [0.5, 0.6) is 5.75 Å². The molecule has 0 aliphatic carbocycles. The number of benzene rings is 2. The lowest BCUT2D eigenvalue weighted by Crippen LogP contribution is -2.58. The van der Waals surface area contributed by atoms with Crippen LogP contribution >= 0.6 is 11.8 Å². The van der Waals surface area contributed by atoms with Crippen LogP contribution in [0.1, 0.15) is 77.2 Å². The molecule has 0 radical (unpaired) electrons. The number of aliphatic hydroxyl groups is 1. The van der Waals surface area contributed by atoms with Gasteiger partial charge in [-0.05, 0) is 68.7 Å². The maximum atomic E-state index is 13.9. The van der Waals surface area contributed by atoms with E-state index in [1.54, 1.807) is 66.9 Å². The number of amides is 5. The summed E-state index contributed by atoms with van der Waals surface area (Å²) in [6.07, 6.45) is -1.26. The van der Waals surface area contributed by atoms with Crippen LogP contribution in [0.4, 0.5) is 13.6 Å². The van der Waals surface area contributed by atoms with Gasteiger partial charge < -0.3 is 46.3 Å². The number of carboxylic acids is 1. The third-order valence-electron chi connectivity index (χ3n) is 8.25. The van der Waals surface area contributed by atoms with Crippen molar-refractivity contribution in [3.05, 3.63) is 65.2 Å². The van der Waals surface area contributed by atoms with Gasteiger partial charge in [0.25, 0.3) is 0 Å². The Morgan fingerprint density at radius 3 is 1.91 bits per heavy atom. The lowest BCUT2D eigenvalue weighted by molar-refractivity contribution is -0.133. The highest BCUT2D eigenvalue weighted by Crippen LogP contribution is 2.17. The second-order valence-corrected chi connectivity index (χ2v) is 16.0. The Labute approximate surface area is 335 Å². The van der Waals surface area contributed by atoms with Crippen LogP contribution in [0.2, 0.25) is 0 Å². The summed E-state index contributed by atoms with van der Waals surface area (Å²) < 4.78 is 38.7. The molecule has 5 amide bonds. The van der Waals surface area contributed by atoms with E-state index >= 15 is 0 Å². The molecule has 5 atom stereocenters. The highest BCUT2D eigenvalue weighted by Gasteiger charge is 2.33. The molecular formula is C39H55F2N5O10S. The van der Waals surface area contributed by atoms with Gasteiger partial charge in [-0.3, -0.25) is 19.2 Å². The lowest BCUT2D eigenvalue weighted by atomic mass is 10.0. The highest BCUT2D eigenvalue weighted by atomic mass is 32.2. The molecule has 2 aromatic rings. The van der Waals surface area contributed by atoms with E-state index in [1.807, 2.05) is 0 Å². The molecule has 0 aliphatic heterocycles. The van der Waals surface area contributed by atoms with Crippen molar-refractivity contribution in [3.8, 4) is 5.75 Å². The molecule has 0 saturated heterocycles. The molecule has 57 heavy (non-hydrogen) atoms. The quantitative estimate of drug-likeness (QED) is 0.0966. The Kier molecular flexibility index (Phi) is 19.2. The second kappa shape index (κ2) is 22.7. The summed E-state index contributed by atoms with van der Waals surface area (Å²) in [5.41, 5.74) is -0.150. The predicted molar refractivity (Wildman–Crippen MR) is 209 cm³/mol. The third kappa shape index (κ3) is 17.4. The number of hydrogen-bond donors (Lipinski definition) is 7. The van der Waals surface area contributed by atoms with Crippen molar-refractivity contribution in [2.75, 3.05) is 18.6 Å². The summed E-state index contributed by atoms with van der Waals surface area (Å²) in [7, 11) is 0. The zero-order valence-electron chi connectivity index (χ0n) is 33.4. The fraction of sp³-hybridized carbons (Fsp3) is 0.538. The first-order valence-corrected chi connectivity index (χ1v) is 19.7. The fourth-order valence-electron chi connectivity index (χ4n) is 5.23. The second-order valence-electron chi connectivity index (χ2n) is 15.0. The molecule has 2 rings (SSSR count). The van der Waals surface area contributed by atoms with Crippen molar-refractivity contribution in [2.45, 2.75) is 104 Å². The molecule has 0 unspecified atom stereocenters. The molecular weight excluding hydrogens is 769 g/mol. The van der Waals surface area contributed by atoms with Crippen molar-refractivity contribution >= 4 is 47.5 Å². The Morgan fingerprint density at radius 1 is 0.807 bits per heavy atom. The Balaban J connectivity index is 2.26. The number of aromatic carboxylic acids is 1. The van der Waals surface area contributed by atoms with Crippen LogP contribution in [0, 0.1) is 23.5 Å². The molecule has 0 fully saturated rings. The number of thioether (sulfide) groups is 1. The predicted octanol–water partition coefficient (Wildman–Crippen LogP) is 3.52. The van der Waals surface area contributed by atoms with E-state index in [1.165, 1.54) is 23.9 Å². The molecule has 0 saturated carbocycles. The largest absolute Gasteiger partial charge is 0.491 e. The summed E-state index contributed by atoms with van der Waals surface area (Å²) in [6, 6.07) is 3.53. The summed E-state index contributed by atoms with van der Waals surface area (Å²) in [5.74, 6) is -6.48. The van der Waals surface area contributed by atoms with E-state index < -0.39 is 108 Å². The van der Waals surface area contributed by atoms with Gasteiger partial charge in [-0.15, -0.1) is 0 Å². The number of ether oxygens (including phenoxy) is 2. The summed E-state index contributed by atoms with van der Waals surface area (Å²) in [5, 5.41) is 33.5. The van der Waals surface area contributed by atoms with Crippen molar-refractivity contribution in [1.29, 1.82) is 0 Å². The summed E-state index contributed by atoms with van der Waals surface area (Å²) in [4.78, 5) is 77.3. The molecule has 18 heteroatoms. The van der Waals surface area contributed by atoms with Gasteiger partial charge in [-0.25, -0.2) is 18.4 Å². The van der Waals surface area contributed by atoms with E-state index in [4.69, 9.17) is 14.6 Å². The van der Waals surface area contributed by atoms with Gasteiger partial charge in [0.1, 0.15) is 47.7 Å². The standard InChI is InChI=1S/C39H55F2N5O10S/c1-21(2)32(35(50)42-19-23-9-11-24(12-10-23)37(52)53)45-31(48)18-30(47)29(20-55-27-16-25(40)15-26(41)17-27)44-34(49)28(13-14-57-8)43-36(51)33(22(3)4)46-38(54)56-39(5,6)7/h9-12,15-17,21-22,28-30,32-33,47H,13-14,18-20H2,1-8H3,(H,42,50)(H,43,51)(H,44,49)(H,45,48)(H,46,54)(H,52,53)/t28-,29-,30-,32-,33-/m0/s1. The molecule has 0 aliphatic rings. The minimum atomic E-state index is -1.68. The number of rotatable bonds is 21. The number of halogens is 2. The molecule has 7 N–H and O–H groups in total. The minimum Gasteiger partial charge on any atom is -0.491 e. The Bertz CT molecular complexity index is 1670. The number of carboxylic acid groups (broad SMARTS) is 1. The first kappa shape index (κ1) is 48.2. The van der Waals surface area contributed by atoms with E-state index in [0.717, 1.165) is 12.1 Å². The van der Waals surface area contributed by atoms with Crippen molar-refractivity contribution in [1.82, 2.24) is 26.6 Å². The van der Waals surface area contributed by atoms with Crippen LogP contribution in [-0.4, -0.2) is 100 Å². The molecule has 316 valence electrons. The van der Waals surface area contributed by atoms with Crippen LogP contribution in [0.15, 0.2) is 42.5 Å². The van der Waals surface area contributed by atoms with Crippen LogP contribution in [-0.2, 0) is 30.5 Å². The monoisotopic (exact) mass is 823 g/mol. The van der Waals surface area contributed by atoms with Gasteiger partial charge in [-0.1, -0.05) is 39.8 Å². The third-order valence-corrected chi connectivity index (χ3v) is 8.89. The Morgan fingerprint density at radius 2 is 1.39 bits per heavy atom. The number of hydrogen-bond acceptors (Lipinski definition) is 10.